The lowest BCUT2D eigenvalue weighted by Crippen LogP contribution is -2.55. The Morgan fingerprint density at radius 3 is 2.42 bits per heavy atom. The van der Waals surface area contributed by atoms with Crippen LogP contribution in [0.2, 0.25) is 0 Å². The van der Waals surface area contributed by atoms with Crippen LogP contribution in [0.5, 0.6) is 11.5 Å². The van der Waals surface area contributed by atoms with Gasteiger partial charge in [0.25, 0.3) is 0 Å². The first kappa shape index (κ1) is 27.6. The Morgan fingerprint density at radius 1 is 1.08 bits per heavy atom. The molecule has 0 heterocycles. The van der Waals surface area contributed by atoms with E-state index in [0.29, 0.717) is 37.9 Å². The third kappa shape index (κ3) is 7.24. The van der Waals surface area contributed by atoms with Gasteiger partial charge in [-0.15, -0.1) is 0 Å². The first-order valence-corrected chi connectivity index (χ1v) is 12.5. The second kappa shape index (κ2) is 12.8. The molecule has 36 heavy (non-hydrogen) atoms. The number of ether oxygens (including phenoxy) is 2. The molecule has 0 saturated carbocycles. The smallest absolute Gasteiger partial charge is 0.475 e. The van der Waals surface area contributed by atoms with Crippen LogP contribution in [-0.2, 0) is 28.9 Å². The van der Waals surface area contributed by atoms with Crippen LogP contribution in [-0.4, -0.2) is 55.2 Å². The van der Waals surface area contributed by atoms with Crippen molar-refractivity contribution >= 4 is 18.9 Å². The van der Waals surface area contributed by atoms with E-state index in [1.807, 2.05) is 56.3 Å². The van der Waals surface area contributed by atoms with Crippen LogP contribution in [0.15, 0.2) is 42.5 Å². The minimum absolute atomic E-state index is 0.149. The molecule has 3 rings (SSSR count). The molecule has 2 aromatic rings. The molecule has 4 N–H and O–H groups in total. The zero-order chi connectivity index (χ0) is 26.2. The number of rotatable bonds is 11. The van der Waals surface area contributed by atoms with Crippen molar-refractivity contribution in [2.75, 3.05) is 14.2 Å². The number of fused-ring (bicyclic) bond motifs is 1. The zero-order valence-corrected chi connectivity index (χ0v) is 21.5. The van der Waals surface area contributed by atoms with E-state index < -0.39 is 25.0 Å². The molecule has 194 valence electrons. The molecule has 0 aromatic heterocycles. The summed E-state index contributed by atoms with van der Waals surface area (Å²) < 4.78 is 10.9. The van der Waals surface area contributed by atoms with Crippen molar-refractivity contribution in [3.63, 3.8) is 0 Å². The highest BCUT2D eigenvalue weighted by atomic mass is 16.5. The molecule has 0 bridgehead atoms. The van der Waals surface area contributed by atoms with Crippen LogP contribution in [0.1, 0.15) is 43.4 Å². The van der Waals surface area contributed by atoms with Crippen molar-refractivity contribution in [2.45, 2.75) is 57.9 Å². The lowest BCUT2D eigenvalue weighted by Gasteiger charge is -2.28. The molecule has 8 nitrogen and oxygen atoms in total. The van der Waals surface area contributed by atoms with Gasteiger partial charge in [0.1, 0.15) is 17.5 Å². The van der Waals surface area contributed by atoms with Crippen LogP contribution in [0, 0.1) is 11.8 Å². The second-order valence-electron chi connectivity index (χ2n) is 9.82. The largest absolute Gasteiger partial charge is 0.497 e. The predicted octanol–water partition coefficient (Wildman–Crippen LogP) is 2.08. The fraction of sp³-hybridized carbons (Fsp3) is 0.481. The summed E-state index contributed by atoms with van der Waals surface area (Å²) in [6.45, 7) is 3.88. The van der Waals surface area contributed by atoms with Gasteiger partial charge in [-0.2, -0.15) is 0 Å². The van der Waals surface area contributed by atoms with Crippen LogP contribution in [0.3, 0.4) is 0 Å². The molecule has 0 spiro atoms. The Labute approximate surface area is 213 Å². The van der Waals surface area contributed by atoms with Gasteiger partial charge < -0.3 is 30.2 Å². The van der Waals surface area contributed by atoms with Crippen LogP contribution in [0.25, 0.3) is 0 Å². The average molecular weight is 496 g/mol. The fourth-order valence-corrected chi connectivity index (χ4v) is 4.75. The summed E-state index contributed by atoms with van der Waals surface area (Å²) >= 11 is 0. The maximum atomic E-state index is 13.4. The Bertz CT molecular complexity index is 1030. The molecule has 0 saturated heterocycles. The van der Waals surface area contributed by atoms with Gasteiger partial charge in [-0.3, -0.25) is 9.59 Å². The number of nitrogens with one attached hydrogen (secondary N) is 2. The van der Waals surface area contributed by atoms with E-state index in [9.17, 15) is 19.6 Å². The summed E-state index contributed by atoms with van der Waals surface area (Å²) in [7, 11) is 1.53. The van der Waals surface area contributed by atoms with E-state index in [0.717, 1.165) is 22.4 Å². The highest BCUT2D eigenvalue weighted by Gasteiger charge is 2.33. The maximum absolute atomic E-state index is 13.4. The second-order valence-corrected chi connectivity index (χ2v) is 9.82. The Morgan fingerprint density at radius 2 is 1.81 bits per heavy atom. The number of benzene rings is 2. The molecule has 3 atom stereocenters. The summed E-state index contributed by atoms with van der Waals surface area (Å²) in [6.07, 6.45) is 2.52. The molecule has 1 unspecified atom stereocenters. The standard InChI is InChI=1S/C27H37BN2O6/c1-17(2)12-25(28(33)34)30-27(32)23(13-18-8-6-5-7-9-18)29-26(31)19-10-11-22-20(14-19)15-21(35-3)16-24(22)36-4/h5-9,15-17,19,23,25,33-34H,10-14H2,1-4H3,(H,29,31)(H,30,32)/t19?,23-,25-/m0/s1. The van der Waals surface area contributed by atoms with Crippen molar-refractivity contribution in [3.05, 3.63) is 59.2 Å². The minimum Gasteiger partial charge on any atom is -0.497 e. The number of methoxy groups -OCH3 is 2. The summed E-state index contributed by atoms with van der Waals surface area (Å²) in [5, 5.41) is 25.2. The molecular weight excluding hydrogens is 459 g/mol. The van der Waals surface area contributed by atoms with E-state index in [1.165, 1.54) is 0 Å². The number of hydrogen-bond acceptors (Lipinski definition) is 6. The maximum Gasteiger partial charge on any atom is 0.475 e. The van der Waals surface area contributed by atoms with Gasteiger partial charge in [0, 0.05) is 18.4 Å². The van der Waals surface area contributed by atoms with Gasteiger partial charge in [0.15, 0.2) is 0 Å². The van der Waals surface area contributed by atoms with Crippen molar-refractivity contribution in [2.24, 2.45) is 11.8 Å². The molecule has 9 heteroatoms. The Hall–Kier alpha value is -3.04. The molecule has 2 amide bonds. The zero-order valence-electron chi connectivity index (χ0n) is 21.5. The summed E-state index contributed by atoms with van der Waals surface area (Å²) in [5.74, 6) is -0.205. The van der Waals surface area contributed by atoms with Crippen molar-refractivity contribution in [1.29, 1.82) is 0 Å². The monoisotopic (exact) mass is 496 g/mol. The predicted molar refractivity (Wildman–Crippen MR) is 139 cm³/mol. The van der Waals surface area contributed by atoms with E-state index >= 15 is 0 Å². The summed E-state index contributed by atoms with van der Waals surface area (Å²) in [5.41, 5.74) is 2.97. The molecule has 1 aliphatic carbocycles. The lowest BCUT2D eigenvalue weighted by atomic mass is 9.75. The topological polar surface area (TPSA) is 117 Å². The van der Waals surface area contributed by atoms with Gasteiger partial charge in [-0.05, 0) is 54.4 Å². The van der Waals surface area contributed by atoms with E-state index in [1.54, 1.807) is 14.2 Å². The van der Waals surface area contributed by atoms with Crippen molar-refractivity contribution in [1.82, 2.24) is 10.6 Å². The number of amides is 2. The molecule has 0 aliphatic heterocycles. The third-order valence-electron chi connectivity index (χ3n) is 6.64. The summed E-state index contributed by atoms with van der Waals surface area (Å²) in [4.78, 5) is 26.6. The summed E-state index contributed by atoms with van der Waals surface area (Å²) in [6, 6.07) is 12.4. The Kier molecular flexibility index (Phi) is 9.78. The van der Waals surface area contributed by atoms with Gasteiger partial charge in [0.05, 0.1) is 20.2 Å². The number of carbonyl (C=O) groups excluding carboxylic acids is 2. The van der Waals surface area contributed by atoms with Gasteiger partial charge in [-0.1, -0.05) is 44.2 Å². The van der Waals surface area contributed by atoms with Gasteiger partial charge >= 0.3 is 7.12 Å². The van der Waals surface area contributed by atoms with Crippen LogP contribution >= 0.6 is 0 Å². The first-order chi connectivity index (χ1) is 17.2. The molecule has 2 aromatic carbocycles. The quantitative estimate of drug-likeness (QED) is 0.354. The van der Waals surface area contributed by atoms with Crippen molar-refractivity contribution < 1.29 is 29.1 Å². The molecular formula is C27H37BN2O6. The van der Waals surface area contributed by atoms with E-state index in [2.05, 4.69) is 10.6 Å². The lowest BCUT2D eigenvalue weighted by molar-refractivity contribution is -0.131. The third-order valence-corrected chi connectivity index (χ3v) is 6.64. The number of hydrogen-bond donors (Lipinski definition) is 4. The first-order valence-electron chi connectivity index (χ1n) is 12.5. The van der Waals surface area contributed by atoms with Crippen LogP contribution in [0.4, 0.5) is 0 Å². The fourth-order valence-electron chi connectivity index (χ4n) is 4.75. The normalized spacial score (nSPS) is 16.5. The molecule has 0 fully saturated rings. The van der Waals surface area contributed by atoms with E-state index in [4.69, 9.17) is 9.47 Å². The SMILES string of the molecule is COc1cc2c(c(OC)c1)CCC(C(=O)N[C@@H](Cc1ccccc1)C(=O)N[C@@H](CC(C)C)B(O)O)C2. The van der Waals surface area contributed by atoms with Gasteiger partial charge in [-0.25, -0.2) is 0 Å². The molecule has 1 aliphatic rings. The highest BCUT2D eigenvalue weighted by Crippen LogP contribution is 2.36. The molecule has 0 radical (unpaired) electrons. The van der Waals surface area contributed by atoms with Crippen LogP contribution < -0.4 is 20.1 Å². The van der Waals surface area contributed by atoms with Crippen molar-refractivity contribution in [3.8, 4) is 11.5 Å². The van der Waals surface area contributed by atoms with E-state index in [-0.39, 0.29) is 17.7 Å². The number of carbonyl (C=O) groups is 2. The minimum atomic E-state index is -1.69. The highest BCUT2D eigenvalue weighted by molar-refractivity contribution is 6.43. The Balaban J connectivity index is 1.77. The van der Waals surface area contributed by atoms with Gasteiger partial charge in [0.2, 0.25) is 11.8 Å². The average Bonchev–Trinajstić information content (AvgIpc) is 2.86.